The van der Waals surface area contributed by atoms with Gasteiger partial charge in [0.15, 0.2) is 5.82 Å². The fourth-order valence-corrected chi connectivity index (χ4v) is 5.30. The molecule has 27 heavy (non-hydrogen) atoms. The molecular weight excluding hydrogens is 388 g/mol. The highest BCUT2D eigenvalue weighted by atomic mass is 32.2. The third-order valence-electron chi connectivity index (χ3n) is 4.54. The lowest BCUT2D eigenvalue weighted by molar-refractivity contribution is 0.163. The van der Waals surface area contributed by atoms with Crippen LogP contribution in [-0.4, -0.2) is 62.7 Å². The van der Waals surface area contributed by atoms with Crippen LogP contribution in [0.5, 0.6) is 0 Å². The van der Waals surface area contributed by atoms with Gasteiger partial charge in [-0.3, -0.25) is 4.90 Å². The molecule has 0 radical (unpaired) electrons. The van der Waals surface area contributed by atoms with E-state index < -0.39 is 10.0 Å². The molecule has 0 aliphatic carbocycles. The predicted octanol–water partition coefficient (Wildman–Crippen LogP) is 1.53. The number of aryl methyl sites for hydroxylation is 1. The second kappa shape index (κ2) is 7.58. The lowest BCUT2D eigenvalue weighted by Crippen LogP contribution is -2.48. The summed E-state index contributed by atoms with van der Waals surface area (Å²) in [5, 5.41) is 3.96. The van der Waals surface area contributed by atoms with Crippen LogP contribution in [0.1, 0.15) is 25.1 Å². The van der Waals surface area contributed by atoms with Crippen LogP contribution in [0.25, 0.3) is 11.0 Å². The summed E-state index contributed by atoms with van der Waals surface area (Å²) in [5.74, 6) is 1.30. The van der Waals surface area contributed by atoms with Crippen LogP contribution in [0, 0.1) is 0 Å². The van der Waals surface area contributed by atoms with E-state index in [2.05, 4.69) is 30.7 Å². The standard InChI is InChI=1S/C16H20N6O3S2/c1-2-4-14-17-15(25-18-14)11-21-7-9-22(10-8-21)27(23,24)13-6-3-5-12-16(13)20-26-19-12/h3,5-6H,2,4,7-11H2,1H3. The summed E-state index contributed by atoms with van der Waals surface area (Å²) in [4.78, 5) is 6.72. The molecule has 1 saturated heterocycles. The van der Waals surface area contributed by atoms with E-state index in [9.17, 15) is 8.42 Å². The number of hydrogen-bond acceptors (Lipinski definition) is 9. The van der Waals surface area contributed by atoms with Crippen molar-refractivity contribution in [1.82, 2.24) is 28.1 Å². The maximum atomic E-state index is 13.0. The van der Waals surface area contributed by atoms with Gasteiger partial charge in [-0.2, -0.15) is 18.0 Å². The smallest absolute Gasteiger partial charge is 0.245 e. The van der Waals surface area contributed by atoms with Gasteiger partial charge in [-0.1, -0.05) is 18.1 Å². The zero-order chi connectivity index (χ0) is 18.9. The van der Waals surface area contributed by atoms with E-state index in [0.717, 1.165) is 30.4 Å². The van der Waals surface area contributed by atoms with Crippen molar-refractivity contribution in [2.45, 2.75) is 31.2 Å². The highest BCUT2D eigenvalue weighted by Gasteiger charge is 2.31. The molecular formula is C16H20N6O3S2. The van der Waals surface area contributed by atoms with E-state index in [0.29, 0.717) is 49.6 Å². The van der Waals surface area contributed by atoms with Crippen LogP contribution in [0.15, 0.2) is 27.6 Å². The Morgan fingerprint density at radius 3 is 2.78 bits per heavy atom. The molecule has 0 N–H and O–H groups in total. The van der Waals surface area contributed by atoms with E-state index in [1.165, 1.54) is 4.31 Å². The SMILES string of the molecule is CCCc1noc(CN2CCN(S(=O)(=O)c3cccc4nsnc34)CC2)n1. The van der Waals surface area contributed by atoms with Crippen molar-refractivity contribution in [2.75, 3.05) is 26.2 Å². The van der Waals surface area contributed by atoms with Crippen LogP contribution < -0.4 is 0 Å². The minimum absolute atomic E-state index is 0.225. The molecule has 0 unspecified atom stereocenters. The number of piperazine rings is 1. The molecule has 1 fully saturated rings. The zero-order valence-electron chi connectivity index (χ0n) is 14.9. The first kappa shape index (κ1) is 18.4. The number of nitrogens with zero attached hydrogens (tertiary/aromatic N) is 6. The van der Waals surface area contributed by atoms with Gasteiger partial charge in [-0.15, -0.1) is 0 Å². The molecule has 0 atom stereocenters. The largest absolute Gasteiger partial charge is 0.338 e. The Bertz CT molecular complexity index is 1020. The molecule has 11 heteroatoms. The number of sulfonamides is 1. The van der Waals surface area contributed by atoms with Crippen molar-refractivity contribution in [3.05, 3.63) is 29.9 Å². The number of hydrogen-bond donors (Lipinski definition) is 0. The third-order valence-corrected chi connectivity index (χ3v) is 7.01. The fourth-order valence-electron chi connectivity index (χ4n) is 3.13. The second-order valence-electron chi connectivity index (χ2n) is 6.42. The first-order valence-electron chi connectivity index (χ1n) is 8.83. The molecule has 2 aromatic heterocycles. The van der Waals surface area contributed by atoms with E-state index >= 15 is 0 Å². The van der Waals surface area contributed by atoms with Gasteiger partial charge in [0.2, 0.25) is 15.9 Å². The zero-order valence-corrected chi connectivity index (χ0v) is 16.5. The summed E-state index contributed by atoms with van der Waals surface area (Å²) in [6.45, 7) is 4.64. The van der Waals surface area contributed by atoms with Gasteiger partial charge in [0.25, 0.3) is 0 Å². The molecule has 1 aliphatic heterocycles. The quantitative estimate of drug-likeness (QED) is 0.605. The molecule has 1 aromatic carbocycles. The number of rotatable bonds is 6. The van der Waals surface area contributed by atoms with Crippen LogP contribution in [-0.2, 0) is 23.0 Å². The minimum Gasteiger partial charge on any atom is -0.338 e. The normalized spacial score (nSPS) is 16.9. The number of benzene rings is 1. The molecule has 0 amide bonds. The topological polar surface area (TPSA) is 105 Å². The summed E-state index contributed by atoms with van der Waals surface area (Å²) in [5.41, 5.74) is 1.05. The van der Waals surface area contributed by atoms with Gasteiger partial charge >= 0.3 is 0 Å². The summed E-state index contributed by atoms with van der Waals surface area (Å²) >= 11 is 1.02. The lowest BCUT2D eigenvalue weighted by atomic mass is 10.3. The van der Waals surface area contributed by atoms with Crippen molar-refractivity contribution >= 4 is 32.8 Å². The first-order chi connectivity index (χ1) is 13.1. The molecule has 144 valence electrons. The van der Waals surface area contributed by atoms with Crippen LogP contribution in [0.4, 0.5) is 0 Å². The van der Waals surface area contributed by atoms with Crippen molar-refractivity contribution in [1.29, 1.82) is 0 Å². The van der Waals surface area contributed by atoms with E-state index in [1.54, 1.807) is 18.2 Å². The summed E-state index contributed by atoms with van der Waals surface area (Å²) in [6.07, 6.45) is 1.77. The molecule has 0 bridgehead atoms. The Labute approximate surface area is 161 Å². The monoisotopic (exact) mass is 408 g/mol. The predicted molar refractivity (Wildman–Crippen MR) is 99.7 cm³/mol. The highest BCUT2D eigenvalue weighted by molar-refractivity contribution is 7.89. The molecule has 4 rings (SSSR count). The van der Waals surface area contributed by atoms with E-state index in [4.69, 9.17) is 4.52 Å². The van der Waals surface area contributed by atoms with Gasteiger partial charge < -0.3 is 4.52 Å². The Morgan fingerprint density at radius 2 is 2.00 bits per heavy atom. The Kier molecular flexibility index (Phi) is 5.17. The first-order valence-corrected chi connectivity index (χ1v) is 11.0. The summed E-state index contributed by atoms with van der Waals surface area (Å²) in [7, 11) is -3.60. The second-order valence-corrected chi connectivity index (χ2v) is 8.86. The molecule has 1 aliphatic rings. The van der Waals surface area contributed by atoms with Crippen molar-refractivity contribution in [2.24, 2.45) is 0 Å². The van der Waals surface area contributed by atoms with Crippen molar-refractivity contribution in [3.63, 3.8) is 0 Å². The molecule has 9 nitrogen and oxygen atoms in total. The van der Waals surface area contributed by atoms with Gasteiger partial charge in [0, 0.05) is 32.6 Å². The van der Waals surface area contributed by atoms with Crippen molar-refractivity contribution in [3.8, 4) is 0 Å². The van der Waals surface area contributed by atoms with Gasteiger partial charge in [-0.25, -0.2) is 8.42 Å². The average molecular weight is 409 g/mol. The molecule has 0 saturated carbocycles. The maximum absolute atomic E-state index is 13.0. The van der Waals surface area contributed by atoms with Crippen LogP contribution >= 0.6 is 11.7 Å². The average Bonchev–Trinajstić information content (AvgIpc) is 3.31. The van der Waals surface area contributed by atoms with E-state index in [-0.39, 0.29) is 4.90 Å². The van der Waals surface area contributed by atoms with Crippen molar-refractivity contribution < 1.29 is 12.9 Å². The summed E-state index contributed by atoms with van der Waals surface area (Å²) in [6, 6.07) is 5.07. The number of fused-ring (bicyclic) bond motifs is 1. The molecule has 3 heterocycles. The third kappa shape index (κ3) is 3.72. The maximum Gasteiger partial charge on any atom is 0.245 e. The molecule has 3 aromatic rings. The minimum atomic E-state index is -3.60. The summed E-state index contributed by atoms with van der Waals surface area (Å²) < 4.78 is 41.2. The lowest BCUT2D eigenvalue weighted by Gasteiger charge is -2.33. The van der Waals surface area contributed by atoms with Crippen LogP contribution in [0.3, 0.4) is 0 Å². The van der Waals surface area contributed by atoms with Gasteiger partial charge in [0.1, 0.15) is 15.9 Å². The fraction of sp³-hybridized carbons (Fsp3) is 0.500. The Hall–Kier alpha value is -1.95. The van der Waals surface area contributed by atoms with Crippen LogP contribution in [0.2, 0.25) is 0 Å². The van der Waals surface area contributed by atoms with E-state index in [1.807, 2.05) is 0 Å². The highest BCUT2D eigenvalue weighted by Crippen LogP contribution is 2.25. The Balaban J connectivity index is 1.43. The van der Waals surface area contributed by atoms with Gasteiger partial charge in [0.05, 0.1) is 18.3 Å². The molecule has 0 spiro atoms. The van der Waals surface area contributed by atoms with Gasteiger partial charge in [-0.05, 0) is 18.6 Å². The Morgan fingerprint density at radius 1 is 1.19 bits per heavy atom. The number of aromatic nitrogens is 4.